The molecule has 0 N–H and O–H groups in total. The van der Waals surface area contributed by atoms with Crippen LogP contribution in [0.1, 0.15) is 37.7 Å². The van der Waals surface area contributed by atoms with E-state index in [1.54, 1.807) is 6.07 Å². The highest BCUT2D eigenvalue weighted by Crippen LogP contribution is 2.38. The number of rotatable bonds is 4. The number of pyridine rings is 1. The van der Waals surface area contributed by atoms with Crippen LogP contribution < -0.4 is 0 Å². The molecule has 0 radical (unpaired) electrons. The van der Waals surface area contributed by atoms with Gasteiger partial charge in [0.25, 0.3) is 0 Å². The molecule has 6 rings (SSSR count). The predicted molar refractivity (Wildman–Crippen MR) is 134 cm³/mol. The summed E-state index contributed by atoms with van der Waals surface area (Å²) in [6.07, 6.45) is 12.0. The first kappa shape index (κ1) is 21.5. The van der Waals surface area contributed by atoms with E-state index in [-0.39, 0.29) is 5.56 Å². The van der Waals surface area contributed by atoms with Crippen LogP contribution in [0, 0.1) is 23.1 Å². The average molecular weight is 465 g/mol. The molecule has 1 aliphatic rings. The Balaban J connectivity index is 1.54. The van der Waals surface area contributed by atoms with Crippen molar-refractivity contribution in [3.8, 4) is 28.5 Å². The molecule has 0 spiro atoms. The molecule has 0 bridgehead atoms. The molecule has 174 valence electrons. The lowest BCUT2D eigenvalue weighted by molar-refractivity contribution is 0.322. The first-order chi connectivity index (χ1) is 17.1. The van der Waals surface area contributed by atoms with Crippen LogP contribution in [0.15, 0.2) is 55.1 Å². The van der Waals surface area contributed by atoms with Gasteiger partial charge in [-0.1, -0.05) is 31.4 Å². The Kier molecular flexibility index (Phi) is 5.29. The molecule has 0 aliphatic heterocycles. The molecule has 0 amide bonds. The van der Waals surface area contributed by atoms with Crippen molar-refractivity contribution in [3.63, 3.8) is 0 Å². The van der Waals surface area contributed by atoms with Gasteiger partial charge in [-0.05, 0) is 48.6 Å². The monoisotopic (exact) mass is 464 g/mol. The van der Waals surface area contributed by atoms with Crippen molar-refractivity contribution >= 4 is 21.9 Å². The lowest BCUT2D eigenvalue weighted by Gasteiger charge is -2.22. The summed E-state index contributed by atoms with van der Waals surface area (Å²) in [5.74, 6) is 0.0990. The number of hydrogen-bond acceptors (Lipinski definition) is 4. The fourth-order valence-electron chi connectivity index (χ4n) is 5.38. The molecule has 7 heteroatoms. The molecule has 1 aliphatic carbocycles. The molecule has 1 saturated carbocycles. The molecule has 0 saturated heterocycles. The second-order valence-electron chi connectivity index (χ2n) is 9.46. The van der Waals surface area contributed by atoms with Gasteiger partial charge >= 0.3 is 0 Å². The van der Waals surface area contributed by atoms with E-state index in [0.717, 1.165) is 45.3 Å². The Morgan fingerprint density at radius 2 is 1.83 bits per heavy atom. The third-order valence-corrected chi connectivity index (χ3v) is 7.25. The van der Waals surface area contributed by atoms with Gasteiger partial charge in [-0.15, -0.1) is 0 Å². The minimum absolute atomic E-state index is 0.0232. The second kappa shape index (κ2) is 8.62. The van der Waals surface area contributed by atoms with Crippen LogP contribution in [0.3, 0.4) is 0 Å². The summed E-state index contributed by atoms with van der Waals surface area (Å²) >= 11 is 0. The fraction of sp³-hybridized carbons (Fsp3) is 0.286. The zero-order valence-corrected chi connectivity index (χ0v) is 19.6. The number of fused-ring (bicyclic) bond motifs is 2. The molecule has 6 nitrogen and oxygen atoms in total. The van der Waals surface area contributed by atoms with E-state index in [1.165, 1.54) is 44.2 Å². The smallest absolute Gasteiger partial charge is 0.141 e. The standard InChI is InChI=1S/C28H25FN6/c1-34-24-10-9-20(11-22(24)14-33-34)27-26(19-7-8-21(13-30)23(29)12-19)28-25(15-31-27)35(17-32-28)16-18-5-3-2-4-6-18/h7-12,14-15,17-18H,2-6,16H2,1H3. The van der Waals surface area contributed by atoms with Crippen LogP contribution in [0.2, 0.25) is 0 Å². The van der Waals surface area contributed by atoms with Crippen LogP contribution in [0.25, 0.3) is 44.3 Å². The second-order valence-corrected chi connectivity index (χ2v) is 9.46. The Morgan fingerprint density at radius 1 is 1.00 bits per heavy atom. The van der Waals surface area contributed by atoms with Crippen molar-refractivity contribution in [3.05, 3.63) is 66.5 Å². The Labute approximate surface area is 202 Å². The summed E-state index contributed by atoms with van der Waals surface area (Å²) in [7, 11) is 1.91. The van der Waals surface area contributed by atoms with Crippen LogP contribution in [-0.2, 0) is 13.6 Å². The Hall–Kier alpha value is -4.05. The van der Waals surface area contributed by atoms with E-state index >= 15 is 0 Å². The Morgan fingerprint density at radius 3 is 2.63 bits per heavy atom. The largest absolute Gasteiger partial charge is 0.329 e. The quantitative estimate of drug-likeness (QED) is 0.315. The fourth-order valence-corrected chi connectivity index (χ4v) is 5.38. The van der Waals surface area contributed by atoms with E-state index in [0.29, 0.717) is 11.5 Å². The zero-order chi connectivity index (χ0) is 23.9. The van der Waals surface area contributed by atoms with Crippen molar-refractivity contribution in [1.82, 2.24) is 24.3 Å². The lowest BCUT2D eigenvalue weighted by atomic mass is 9.89. The number of benzene rings is 2. The molecule has 2 aromatic carbocycles. The zero-order valence-electron chi connectivity index (χ0n) is 19.6. The topological polar surface area (TPSA) is 72.3 Å². The summed E-state index contributed by atoms with van der Waals surface area (Å²) in [5.41, 5.74) is 5.86. The van der Waals surface area contributed by atoms with Gasteiger partial charge in [0.05, 0.1) is 41.0 Å². The van der Waals surface area contributed by atoms with Gasteiger partial charge in [0.1, 0.15) is 17.4 Å². The third-order valence-electron chi connectivity index (χ3n) is 7.25. The molecule has 3 aromatic heterocycles. The van der Waals surface area contributed by atoms with Gasteiger partial charge in [-0.2, -0.15) is 10.4 Å². The minimum Gasteiger partial charge on any atom is -0.329 e. The number of nitrogens with zero attached hydrogens (tertiary/aromatic N) is 6. The van der Waals surface area contributed by atoms with Crippen LogP contribution in [0.4, 0.5) is 4.39 Å². The number of halogens is 1. The highest BCUT2D eigenvalue weighted by molar-refractivity contribution is 6.00. The maximum atomic E-state index is 14.7. The van der Waals surface area contributed by atoms with Gasteiger partial charge < -0.3 is 4.57 Å². The molecule has 1 fully saturated rings. The molecule has 0 unspecified atom stereocenters. The maximum Gasteiger partial charge on any atom is 0.141 e. The number of imidazole rings is 1. The normalized spacial score (nSPS) is 14.5. The number of aromatic nitrogens is 5. The maximum absolute atomic E-state index is 14.7. The van der Waals surface area contributed by atoms with Gasteiger partial charge in [-0.3, -0.25) is 9.67 Å². The number of nitriles is 1. The van der Waals surface area contributed by atoms with Gasteiger partial charge in [-0.25, -0.2) is 9.37 Å². The predicted octanol–water partition coefficient (Wildman–Crippen LogP) is 6.24. The van der Waals surface area contributed by atoms with Crippen LogP contribution in [0.5, 0.6) is 0 Å². The van der Waals surface area contributed by atoms with Gasteiger partial charge in [0, 0.05) is 30.1 Å². The summed E-state index contributed by atoms with van der Waals surface area (Å²) in [4.78, 5) is 9.69. The molecular formula is C28H25FN6. The highest BCUT2D eigenvalue weighted by Gasteiger charge is 2.21. The molecule has 5 aromatic rings. The summed E-state index contributed by atoms with van der Waals surface area (Å²) in [6.45, 7) is 0.917. The first-order valence-corrected chi connectivity index (χ1v) is 12.1. The highest BCUT2D eigenvalue weighted by atomic mass is 19.1. The van der Waals surface area contributed by atoms with Crippen molar-refractivity contribution in [1.29, 1.82) is 5.26 Å². The Bertz CT molecular complexity index is 1600. The van der Waals surface area contributed by atoms with Crippen molar-refractivity contribution in [2.75, 3.05) is 0 Å². The third kappa shape index (κ3) is 3.75. The van der Waals surface area contributed by atoms with E-state index in [4.69, 9.17) is 9.97 Å². The summed E-state index contributed by atoms with van der Waals surface area (Å²) in [5, 5.41) is 14.6. The number of hydrogen-bond donors (Lipinski definition) is 0. The van der Waals surface area contributed by atoms with E-state index in [1.807, 2.05) is 48.7 Å². The molecule has 35 heavy (non-hydrogen) atoms. The van der Waals surface area contributed by atoms with Crippen molar-refractivity contribution in [2.45, 2.75) is 38.6 Å². The van der Waals surface area contributed by atoms with E-state index in [2.05, 4.69) is 15.7 Å². The molecular weight excluding hydrogens is 439 g/mol. The molecule has 0 atom stereocenters. The summed E-state index contributed by atoms with van der Waals surface area (Å²) < 4.78 is 18.7. The first-order valence-electron chi connectivity index (χ1n) is 12.1. The van der Waals surface area contributed by atoms with Crippen LogP contribution >= 0.6 is 0 Å². The van der Waals surface area contributed by atoms with Gasteiger partial charge in [0.15, 0.2) is 0 Å². The van der Waals surface area contributed by atoms with Crippen molar-refractivity contribution < 1.29 is 4.39 Å². The van der Waals surface area contributed by atoms with Crippen LogP contribution in [-0.4, -0.2) is 24.3 Å². The number of aryl methyl sites for hydroxylation is 1. The average Bonchev–Trinajstić information content (AvgIpc) is 3.47. The van der Waals surface area contributed by atoms with Gasteiger partial charge in [0.2, 0.25) is 0 Å². The van der Waals surface area contributed by atoms with E-state index in [9.17, 15) is 9.65 Å². The summed E-state index contributed by atoms with van der Waals surface area (Å²) in [6, 6.07) is 12.7. The SMILES string of the molecule is Cn1ncc2cc(-c3ncc4c(ncn4CC4CCCCC4)c3-c3ccc(C#N)c(F)c3)ccc21. The molecule has 3 heterocycles. The minimum atomic E-state index is -0.544. The van der Waals surface area contributed by atoms with E-state index < -0.39 is 5.82 Å². The lowest BCUT2D eigenvalue weighted by Crippen LogP contribution is -2.13. The van der Waals surface area contributed by atoms with Crippen molar-refractivity contribution in [2.24, 2.45) is 13.0 Å².